The van der Waals surface area contributed by atoms with E-state index in [1.165, 1.54) is 0 Å². The van der Waals surface area contributed by atoms with Crippen LogP contribution in [0.15, 0.2) is 24.3 Å². The number of hydrogen-bond acceptors (Lipinski definition) is 2. The lowest BCUT2D eigenvalue weighted by Gasteiger charge is -2.10. The number of hydrogen-bond donors (Lipinski definition) is 2. The summed E-state index contributed by atoms with van der Waals surface area (Å²) < 4.78 is 0. The molecule has 0 aliphatic carbocycles. The van der Waals surface area contributed by atoms with Crippen molar-refractivity contribution in [2.24, 2.45) is 0 Å². The summed E-state index contributed by atoms with van der Waals surface area (Å²) >= 11 is 0. The molecule has 0 saturated carbocycles. The van der Waals surface area contributed by atoms with Gasteiger partial charge in [-0.05, 0) is 11.6 Å². The maximum Gasteiger partial charge on any atom is 0.335 e. The van der Waals surface area contributed by atoms with Crippen LogP contribution in [0.4, 0.5) is 0 Å². The van der Waals surface area contributed by atoms with E-state index in [4.69, 9.17) is 10.2 Å². The minimum atomic E-state index is -0.948. The van der Waals surface area contributed by atoms with Crippen molar-refractivity contribution in [3.8, 4) is 0 Å². The van der Waals surface area contributed by atoms with Crippen molar-refractivity contribution < 1.29 is 15.0 Å². The number of rotatable bonds is 3. The number of benzene rings is 1. The molecule has 0 aromatic heterocycles. The fourth-order valence-electron chi connectivity index (χ4n) is 1.22. The lowest BCUT2D eigenvalue weighted by molar-refractivity contribution is 0.0695. The maximum absolute atomic E-state index is 10.8. The van der Waals surface area contributed by atoms with Crippen molar-refractivity contribution in [1.82, 2.24) is 0 Å². The monoisotopic (exact) mass is 180 g/mol. The summed E-state index contributed by atoms with van der Waals surface area (Å²) in [5.41, 5.74) is 0.946. The zero-order valence-electron chi connectivity index (χ0n) is 7.40. The van der Waals surface area contributed by atoms with Crippen LogP contribution in [0.2, 0.25) is 0 Å². The van der Waals surface area contributed by atoms with Crippen molar-refractivity contribution in [1.29, 1.82) is 0 Å². The van der Waals surface area contributed by atoms with Gasteiger partial charge in [-0.3, -0.25) is 0 Å². The number of aliphatic hydroxyl groups is 1. The molecule has 0 heterocycles. The van der Waals surface area contributed by atoms with E-state index in [9.17, 15) is 4.79 Å². The molecule has 0 saturated heterocycles. The Morgan fingerprint density at radius 3 is 2.62 bits per heavy atom. The molecule has 0 radical (unpaired) electrons. The molecular formula is C10H12O3. The number of carboxylic acid groups (broad SMARTS) is 1. The van der Waals surface area contributed by atoms with E-state index >= 15 is 0 Å². The normalized spacial score (nSPS) is 12.5. The summed E-state index contributed by atoms with van der Waals surface area (Å²) in [5.74, 6) is -1.08. The number of carboxylic acids is 1. The summed E-state index contributed by atoms with van der Waals surface area (Å²) in [5, 5.41) is 17.7. The molecule has 0 fully saturated rings. The van der Waals surface area contributed by atoms with Crippen LogP contribution >= 0.6 is 0 Å². The Balaban J connectivity index is 3.11. The van der Waals surface area contributed by atoms with Gasteiger partial charge in [-0.25, -0.2) is 4.79 Å². The van der Waals surface area contributed by atoms with Gasteiger partial charge in [-0.1, -0.05) is 25.1 Å². The third-order valence-electron chi connectivity index (χ3n) is 2.00. The summed E-state index contributed by atoms with van der Waals surface area (Å²) in [7, 11) is 0. The standard InChI is InChI=1S/C10H12O3/c1-7(6-11)8-4-2-3-5-9(8)10(12)13/h2-5,7,11H,6H2,1H3,(H,12,13). The minimum absolute atomic E-state index is 0.0374. The highest BCUT2D eigenvalue weighted by molar-refractivity contribution is 5.89. The molecule has 1 unspecified atom stereocenters. The Labute approximate surface area is 76.6 Å². The lowest BCUT2D eigenvalue weighted by atomic mass is 9.96. The zero-order chi connectivity index (χ0) is 9.84. The molecule has 1 rings (SSSR count). The van der Waals surface area contributed by atoms with Crippen molar-refractivity contribution in [2.45, 2.75) is 12.8 Å². The molecule has 3 heteroatoms. The van der Waals surface area contributed by atoms with E-state index < -0.39 is 5.97 Å². The van der Waals surface area contributed by atoms with Gasteiger partial charge in [0.05, 0.1) is 5.56 Å². The Morgan fingerprint density at radius 2 is 2.08 bits per heavy atom. The fraction of sp³-hybridized carbons (Fsp3) is 0.300. The van der Waals surface area contributed by atoms with Crippen LogP contribution in [0.3, 0.4) is 0 Å². The topological polar surface area (TPSA) is 57.5 Å². The summed E-state index contributed by atoms with van der Waals surface area (Å²) in [6.07, 6.45) is 0. The first kappa shape index (κ1) is 9.74. The molecule has 0 aliphatic heterocycles. The average molecular weight is 180 g/mol. The van der Waals surface area contributed by atoms with Gasteiger partial charge in [-0.15, -0.1) is 0 Å². The smallest absolute Gasteiger partial charge is 0.335 e. The lowest BCUT2D eigenvalue weighted by Crippen LogP contribution is -2.07. The Bertz CT molecular complexity index is 307. The van der Waals surface area contributed by atoms with Crippen LogP contribution < -0.4 is 0 Å². The predicted molar refractivity (Wildman–Crippen MR) is 48.9 cm³/mol. The Morgan fingerprint density at radius 1 is 1.46 bits per heavy atom. The van der Waals surface area contributed by atoms with Crippen molar-refractivity contribution in [2.75, 3.05) is 6.61 Å². The first-order valence-corrected chi connectivity index (χ1v) is 4.10. The van der Waals surface area contributed by atoms with Crippen molar-refractivity contribution in [3.63, 3.8) is 0 Å². The summed E-state index contributed by atoms with van der Waals surface area (Å²) in [6.45, 7) is 1.76. The molecule has 2 N–H and O–H groups in total. The number of carbonyl (C=O) groups is 1. The van der Waals surface area contributed by atoms with Crippen LogP contribution in [0.25, 0.3) is 0 Å². The van der Waals surface area contributed by atoms with E-state index in [1.54, 1.807) is 31.2 Å². The molecule has 3 nitrogen and oxygen atoms in total. The van der Waals surface area contributed by atoms with Crippen LogP contribution in [-0.2, 0) is 0 Å². The van der Waals surface area contributed by atoms with Crippen LogP contribution in [-0.4, -0.2) is 22.8 Å². The van der Waals surface area contributed by atoms with Gasteiger partial charge in [0.1, 0.15) is 0 Å². The molecule has 0 aliphatic rings. The SMILES string of the molecule is CC(CO)c1ccccc1C(=O)O. The van der Waals surface area contributed by atoms with Crippen molar-refractivity contribution >= 4 is 5.97 Å². The van der Waals surface area contributed by atoms with Gasteiger partial charge in [0.2, 0.25) is 0 Å². The third-order valence-corrected chi connectivity index (χ3v) is 2.00. The minimum Gasteiger partial charge on any atom is -0.478 e. The zero-order valence-corrected chi connectivity index (χ0v) is 7.40. The van der Waals surface area contributed by atoms with Gasteiger partial charge in [0.25, 0.3) is 0 Å². The van der Waals surface area contributed by atoms with Crippen LogP contribution in [0.5, 0.6) is 0 Å². The highest BCUT2D eigenvalue weighted by atomic mass is 16.4. The third kappa shape index (κ3) is 2.06. The first-order chi connectivity index (χ1) is 6.16. The second-order valence-corrected chi connectivity index (χ2v) is 2.98. The van der Waals surface area contributed by atoms with Gasteiger partial charge in [0, 0.05) is 12.5 Å². The van der Waals surface area contributed by atoms with Gasteiger partial charge < -0.3 is 10.2 Å². The first-order valence-electron chi connectivity index (χ1n) is 4.10. The Hall–Kier alpha value is -1.35. The van der Waals surface area contributed by atoms with E-state index in [-0.39, 0.29) is 18.1 Å². The largest absolute Gasteiger partial charge is 0.478 e. The molecule has 0 bridgehead atoms. The van der Waals surface area contributed by atoms with Gasteiger partial charge in [-0.2, -0.15) is 0 Å². The van der Waals surface area contributed by atoms with Gasteiger partial charge in [0.15, 0.2) is 0 Å². The molecule has 1 aromatic carbocycles. The average Bonchev–Trinajstić information content (AvgIpc) is 2.16. The van der Waals surface area contributed by atoms with Gasteiger partial charge >= 0.3 is 5.97 Å². The molecule has 1 atom stereocenters. The van der Waals surface area contributed by atoms with E-state index in [0.717, 1.165) is 0 Å². The van der Waals surface area contributed by atoms with E-state index in [2.05, 4.69) is 0 Å². The molecular weight excluding hydrogens is 168 g/mol. The second-order valence-electron chi connectivity index (χ2n) is 2.98. The quantitative estimate of drug-likeness (QED) is 0.740. The highest BCUT2D eigenvalue weighted by Crippen LogP contribution is 2.18. The fourth-order valence-corrected chi connectivity index (χ4v) is 1.22. The maximum atomic E-state index is 10.8. The van der Waals surface area contributed by atoms with Crippen LogP contribution in [0, 0.1) is 0 Å². The van der Waals surface area contributed by atoms with E-state index in [1.807, 2.05) is 0 Å². The number of aromatic carboxylic acids is 1. The van der Waals surface area contributed by atoms with E-state index in [0.29, 0.717) is 5.56 Å². The predicted octanol–water partition coefficient (Wildman–Crippen LogP) is 1.48. The molecule has 70 valence electrons. The molecule has 0 amide bonds. The second kappa shape index (κ2) is 4.05. The molecule has 0 spiro atoms. The molecule has 13 heavy (non-hydrogen) atoms. The summed E-state index contributed by atoms with van der Waals surface area (Å²) in [4.78, 5) is 10.8. The van der Waals surface area contributed by atoms with Crippen molar-refractivity contribution in [3.05, 3.63) is 35.4 Å². The summed E-state index contributed by atoms with van der Waals surface area (Å²) in [6, 6.07) is 6.72. The highest BCUT2D eigenvalue weighted by Gasteiger charge is 2.13. The van der Waals surface area contributed by atoms with Crippen LogP contribution in [0.1, 0.15) is 28.8 Å². The number of aliphatic hydroxyl groups excluding tert-OH is 1. The Kier molecular flexibility index (Phi) is 3.03. The molecule has 1 aromatic rings.